The second-order valence-electron chi connectivity index (χ2n) is 5.62. The minimum atomic E-state index is -0.552. The highest BCUT2D eigenvalue weighted by Gasteiger charge is 2.19. The third-order valence-electron chi connectivity index (χ3n) is 3.72. The number of esters is 1. The topological polar surface area (TPSA) is 62.6 Å². The van der Waals surface area contributed by atoms with Gasteiger partial charge in [0.2, 0.25) is 5.69 Å². The van der Waals surface area contributed by atoms with E-state index in [9.17, 15) is 4.79 Å². The van der Waals surface area contributed by atoms with Crippen LogP contribution >= 0.6 is 0 Å². The van der Waals surface area contributed by atoms with Crippen molar-refractivity contribution in [2.45, 2.75) is 6.92 Å². The lowest BCUT2D eigenvalue weighted by Crippen LogP contribution is -2.14. The Kier molecular flexibility index (Phi) is 5.53. The van der Waals surface area contributed by atoms with Crippen LogP contribution in [0.4, 0.5) is 0 Å². The number of aryl methyl sites for hydroxylation is 1. The molecule has 0 N–H and O–H groups in total. The number of benzene rings is 2. The Balaban J connectivity index is 1.59. The summed E-state index contributed by atoms with van der Waals surface area (Å²) >= 11 is 0. The maximum atomic E-state index is 12.3. The summed E-state index contributed by atoms with van der Waals surface area (Å²) in [5, 5.41) is 4.27. The average Bonchev–Trinajstić information content (AvgIpc) is 3.12. The van der Waals surface area contributed by atoms with Crippen LogP contribution in [0.15, 0.2) is 60.8 Å². The van der Waals surface area contributed by atoms with E-state index in [1.165, 1.54) is 7.11 Å². The first-order valence-electron chi connectivity index (χ1n) is 8.23. The molecule has 3 rings (SSSR count). The van der Waals surface area contributed by atoms with Crippen LogP contribution in [0.1, 0.15) is 16.1 Å². The molecular formula is C20H20N2O4. The van der Waals surface area contributed by atoms with Crippen LogP contribution in [-0.2, 0) is 4.74 Å². The summed E-state index contributed by atoms with van der Waals surface area (Å²) in [5.41, 5.74) is 2.11. The van der Waals surface area contributed by atoms with Crippen molar-refractivity contribution in [1.82, 2.24) is 9.78 Å². The van der Waals surface area contributed by atoms with Gasteiger partial charge in [0.05, 0.1) is 19.0 Å². The van der Waals surface area contributed by atoms with Crippen molar-refractivity contribution in [3.8, 4) is 17.2 Å². The van der Waals surface area contributed by atoms with Gasteiger partial charge in [-0.25, -0.2) is 9.48 Å². The zero-order valence-corrected chi connectivity index (χ0v) is 14.7. The fraction of sp³-hybridized carbons (Fsp3) is 0.200. The summed E-state index contributed by atoms with van der Waals surface area (Å²) in [7, 11) is 1.49. The second kappa shape index (κ2) is 8.20. The van der Waals surface area contributed by atoms with Gasteiger partial charge >= 0.3 is 5.97 Å². The van der Waals surface area contributed by atoms with Gasteiger partial charge < -0.3 is 14.2 Å². The van der Waals surface area contributed by atoms with Crippen LogP contribution < -0.4 is 9.47 Å². The first-order valence-corrected chi connectivity index (χ1v) is 8.23. The van der Waals surface area contributed by atoms with Crippen molar-refractivity contribution >= 4 is 5.97 Å². The fourth-order valence-electron chi connectivity index (χ4n) is 2.36. The zero-order chi connectivity index (χ0) is 18.4. The molecule has 0 spiro atoms. The zero-order valence-electron chi connectivity index (χ0n) is 14.7. The Labute approximate surface area is 151 Å². The molecule has 6 nitrogen and oxygen atoms in total. The number of ether oxygens (including phenoxy) is 3. The number of hydrogen-bond donors (Lipinski definition) is 0. The molecule has 1 heterocycles. The number of nitrogens with zero attached hydrogens (tertiary/aromatic N) is 2. The predicted molar refractivity (Wildman–Crippen MR) is 97.1 cm³/mol. The van der Waals surface area contributed by atoms with Crippen molar-refractivity contribution in [3.05, 3.63) is 72.1 Å². The van der Waals surface area contributed by atoms with E-state index in [4.69, 9.17) is 14.2 Å². The summed E-state index contributed by atoms with van der Waals surface area (Å²) < 4.78 is 17.6. The smallest absolute Gasteiger partial charge is 0.362 e. The lowest BCUT2D eigenvalue weighted by atomic mass is 10.2. The fourth-order valence-corrected chi connectivity index (χ4v) is 2.36. The van der Waals surface area contributed by atoms with E-state index in [0.717, 1.165) is 17.0 Å². The molecule has 26 heavy (non-hydrogen) atoms. The lowest BCUT2D eigenvalue weighted by Gasteiger charge is -2.07. The van der Waals surface area contributed by atoms with Gasteiger partial charge in [-0.15, -0.1) is 0 Å². The molecule has 0 aliphatic heterocycles. The third-order valence-corrected chi connectivity index (χ3v) is 3.72. The molecule has 0 atom stereocenters. The number of rotatable bonds is 7. The summed E-state index contributed by atoms with van der Waals surface area (Å²) in [5.74, 6) is 0.542. The van der Waals surface area contributed by atoms with Crippen molar-refractivity contribution < 1.29 is 19.0 Å². The largest absolute Gasteiger partial charge is 0.493 e. The third kappa shape index (κ3) is 4.22. The first kappa shape index (κ1) is 17.5. The molecule has 0 aliphatic rings. The van der Waals surface area contributed by atoms with E-state index >= 15 is 0 Å². The highest BCUT2D eigenvalue weighted by atomic mass is 16.6. The molecule has 0 saturated heterocycles. The standard InChI is InChI=1S/C20H20N2O4/c1-15-8-10-17(11-9-15)25-12-13-26-20(23)19-18(24-2)14-22(21-19)16-6-4-3-5-7-16/h3-11,14H,12-13H2,1-2H3. The van der Waals surface area contributed by atoms with E-state index in [2.05, 4.69) is 5.10 Å². The molecule has 2 aromatic carbocycles. The Morgan fingerprint density at radius 3 is 2.46 bits per heavy atom. The number of para-hydroxylation sites is 1. The van der Waals surface area contributed by atoms with E-state index in [0.29, 0.717) is 5.75 Å². The molecule has 0 unspecified atom stereocenters. The summed E-state index contributed by atoms with van der Waals surface area (Å²) in [4.78, 5) is 12.3. The lowest BCUT2D eigenvalue weighted by molar-refractivity contribution is 0.0439. The monoisotopic (exact) mass is 352 g/mol. The number of methoxy groups -OCH3 is 1. The van der Waals surface area contributed by atoms with E-state index in [1.54, 1.807) is 10.9 Å². The summed E-state index contributed by atoms with van der Waals surface area (Å²) in [6, 6.07) is 17.1. The van der Waals surface area contributed by atoms with Crippen LogP contribution in [0, 0.1) is 6.92 Å². The molecule has 134 valence electrons. The molecule has 0 amide bonds. The maximum absolute atomic E-state index is 12.3. The molecular weight excluding hydrogens is 332 g/mol. The van der Waals surface area contributed by atoms with Gasteiger partial charge in [-0.05, 0) is 31.2 Å². The molecule has 0 radical (unpaired) electrons. The van der Waals surface area contributed by atoms with E-state index < -0.39 is 5.97 Å². The normalized spacial score (nSPS) is 10.4. The Hall–Kier alpha value is -3.28. The second-order valence-corrected chi connectivity index (χ2v) is 5.62. The van der Waals surface area contributed by atoms with Gasteiger partial charge in [0.1, 0.15) is 19.0 Å². The Bertz CT molecular complexity index is 857. The number of carbonyl (C=O) groups excluding carboxylic acids is 1. The van der Waals surface area contributed by atoms with Gasteiger partial charge in [0, 0.05) is 0 Å². The Morgan fingerprint density at radius 2 is 1.77 bits per heavy atom. The number of aromatic nitrogens is 2. The average molecular weight is 352 g/mol. The summed E-state index contributed by atoms with van der Waals surface area (Å²) in [6.07, 6.45) is 1.65. The molecule has 0 aliphatic carbocycles. The first-order chi connectivity index (χ1) is 12.7. The van der Waals surface area contributed by atoms with Crippen molar-refractivity contribution in [2.24, 2.45) is 0 Å². The van der Waals surface area contributed by atoms with Crippen LogP contribution in [0.25, 0.3) is 5.69 Å². The highest BCUT2D eigenvalue weighted by molar-refractivity contribution is 5.90. The highest BCUT2D eigenvalue weighted by Crippen LogP contribution is 2.20. The molecule has 0 bridgehead atoms. The van der Waals surface area contributed by atoms with Crippen molar-refractivity contribution in [2.75, 3.05) is 20.3 Å². The Morgan fingerprint density at radius 1 is 1.04 bits per heavy atom. The van der Waals surface area contributed by atoms with Crippen LogP contribution in [-0.4, -0.2) is 36.1 Å². The number of hydrogen-bond acceptors (Lipinski definition) is 5. The minimum Gasteiger partial charge on any atom is -0.493 e. The molecule has 1 aromatic heterocycles. The molecule has 6 heteroatoms. The van der Waals surface area contributed by atoms with Crippen LogP contribution in [0.3, 0.4) is 0 Å². The molecule has 0 fully saturated rings. The van der Waals surface area contributed by atoms with E-state index in [1.807, 2.05) is 61.5 Å². The van der Waals surface area contributed by atoms with Crippen LogP contribution in [0.5, 0.6) is 11.5 Å². The minimum absolute atomic E-state index is 0.119. The number of carbonyl (C=O) groups is 1. The van der Waals surface area contributed by atoms with Gasteiger partial charge in [-0.1, -0.05) is 35.9 Å². The van der Waals surface area contributed by atoms with E-state index in [-0.39, 0.29) is 18.9 Å². The van der Waals surface area contributed by atoms with Crippen molar-refractivity contribution in [3.63, 3.8) is 0 Å². The van der Waals surface area contributed by atoms with Gasteiger partial charge in [-0.2, -0.15) is 5.10 Å². The van der Waals surface area contributed by atoms with Crippen molar-refractivity contribution in [1.29, 1.82) is 0 Å². The SMILES string of the molecule is COc1cn(-c2ccccc2)nc1C(=O)OCCOc1ccc(C)cc1. The van der Waals surface area contributed by atoms with Crippen LogP contribution in [0.2, 0.25) is 0 Å². The van der Waals surface area contributed by atoms with Gasteiger partial charge in [0.15, 0.2) is 5.75 Å². The van der Waals surface area contributed by atoms with Gasteiger partial charge in [0.25, 0.3) is 0 Å². The maximum Gasteiger partial charge on any atom is 0.362 e. The van der Waals surface area contributed by atoms with Gasteiger partial charge in [-0.3, -0.25) is 0 Å². The molecule has 3 aromatic rings. The summed E-state index contributed by atoms with van der Waals surface area (Å²) in [6.45, 7) is 2.39. The molecule has 0 saturated carbocycles. The quantitative estimate of drug-likeness (QED) is 0.482. The predicted octanol–water partition coefficient (Wildman–Crippen LogP) is 3.43.